The fourth-order valence-electron chi connectivity index (χ4n) is 2.66. The Morgan fingerprint density at radius 1 is 1.30 bits per heavy atom. The van der Waals surface area contributed by atoms with Crippen molar-refractivity contribution in [2.24, 2.45) is 0 Å². The first-order valence-corrected chi connectivity index (χ1v) is 8.36. The number of hydrogen-bond acceptors (Lipinski definition) is 5. The lowest BCUT2D eigenvalue weighted by molar-refractivity contribution is -0.119. The molecule has 2 rings (SSSR count). The molecule has 1 heterocycles. The molecule has 1 amide bonds. The Kier molecular flexibility index (Phi) is 7.16. The van der Waals surface area contributed by atoms with Crippen molar-refractivity contribution in [1.29, 1.82) is 0 Å². The summed E-state index contributed by atoms with van der Waals surface area (Å²) >= 11 is 0. The zero-order valence-electron chi connectivity index (χ0n) is 14.0. The van der Waals surface area contributed by atoms with Gasteiger partial charge in [-0.2, -0.15) is 0 Å². The number of ether oxygens (including phenoxy) is 1. The zero-order chi connectivity index (χ0) is 16.5. The Morgan fingerprint density at radius 2 is 2.00 bits per heavy atom. The van der Waals surface area contributed by atoms with Gasteiger partial charge < -0.3 is 20.7 Å². The number of nitrogen functional groups attached to an aromatic ring is 1. The van der Waals surface area contributed by atoms with Crippen LogP contribution in [0.4, 0.5) is 11.4 Å². The first kappa shape index (κ1) is 17.6. The molecule has 1 aromatic rings. The molecule has 23 heavy (non-hydrogen) atoms. The molecule has 0 unspecified atom stereocenters. The summed E-state index contributed by atoms with van der Waals surface area (Å²) in [5, 5.41) is 3.00. The van der Waals surface area contributed by atoms with E-state index in [4.69, 9.17) is 10.5 Å². The molecule has 1 saturated heterocycles. The number of rotatable bonds is 8. The molecule has 128 valence electrons. The predicted octanol–water partition coefficient (Wildman–Crippen LogP) is 0.934. The third-order valence-corrected chi connectivity index (χ3v) is 4.05. The predicted molar refractivity (Wildman–Crippen MR) is 93.6 cm³/mol. The van der Waals surface area contributed by atoms with E-state index in [1.54, 1.807) is 0 Å². The molecule has 1 fully saturated rings. The van der Waals surface area contributed by atoms with Crippen LogP contribution < -0.4 is 16.0 Å². The van der Waals surface area contributed by atoms with Gasteiger partial charge in [0.25, 0.3) is 0 Å². The number of benzene rings is 1. The third-order valence-electron chi connectivity index (χ3n) is 4.05. The lowest BCUT2D eigenvalue weighted by Gasteiger charge is -2.26. The van der Waals surface area contributed by atoms with E-state index in [-0.39, 0.29) is 5.91 Å². The monoisotopic (exact) mass is 320 g/mol. The molecule has 0 aliphatic carbocycles. The fourth-order valence-corrected chi connectivity index (χ4v) is 2.66. The lowest BCUT2D eigenvalue weighted by Crippen LogP contribution is -2.40. The van der Waals surface area contributed by atoms with Crippen molar-refractivity contribution in [3.05, 3.63) is 24.3 Å². The average Bonchev–Trinajstić information content (AvgIpc) is 2.58. The maximum atomic E-state index is 12.1. The SMILES string of the molecule is CCN(CC(=O)NCCCN1CCOCC1)c1ccc(N)cc1. The van der Waals surface area contributed by atoms with E-state index in [0.717, 1.165) is 63.7 Å². The van der Waals surface area contributed by atoms with Crippen LogP contribution in [0.1, 0.15) is 13.3 Å². The Bertz CT molecular complexity index is 472. The molecule has 0 aromatic heterocycles. The van der Waals surface area contributed by atoms with Crippen LogP contribution in [0.3, 0.4) is 0 Å². The molecule has 6 nitrogen and oxygen atoms in total. The summed E-state index contributed by atoms with van der Waals surface area (Å²) in [7, 11) is 0. The molecule has 0 radical (unpaired) electrons. The number of anilines is 2. The number of carbonyl (C=O) groups excluding carboxylic acids is 1. The van der Waals surface area contributed by atoms with Gasteiger partial charge in [-0.05, 0) is 44.2 Å². The summed E-state index contributed by atoms with van der Waals surface area (Å²) < 4.78 is 5.32. The van der Waals surface area contributed by atoms with E-state index in [1.807, 2.05) is 36.1 Å². The van der Waals surface area contributed by atoms with Gasteiger partial charge in [-0.15, -0.1) is 0 Å². The highest BCUT2D eigenvalue weighted by Crippen LogP contribution is 2.15. The molecule has 1 aliphatic rings. The van der Waals surface area contributed by atoms with Crippen LogP contribution in [0, 0.1) is 0 Å². The Balaban J connectivity index is 1.67. The summed E-state index contributed by atoms with van der Waals surface area (Å²) in [5.41, 5.74) is 7.45. The van der Waals surface area contributed by atoms with Crippen molar-refractivity contribution in [3.63, 3.8) is 0 Å². The van der Waals surface area contributed by atoms with Gasteiger partial charge in [-0.25, -0.2) is 0 Å². The normalized spacial score (nSPS) is 15.3. The largest absolute Gasteiger partial charge is 0.399 e. The Morgan fingerprint density at radius 3 is 2.65 bits per heavy atom. The van der Waals surface area contributed by atoms with Crippen LogP contribution in [0.5, 0.6) is 0 Å². The Hall–Kier alpha value is -1.79. The summed E-state index contributed by atoms with van der Waals surface area (Å²) in [6.07, 6.45) is 0.972. The van der Waals surface area contributed by atoms with Gasteiger partial charge in [0, 0.05) is 37.6 Å². The highest BCUT2D eigenvalue weighted by atomic mass is 16.5. The molecule has 0 atom stereocenters. The summed E-state index contributed by atoms with van der Waals surface area (Å²) in [5.74, 6) is 0.0608. The van der Waals surface area contributed by atoms with Gasteiger partial charge >= 0.3 is 0 Å². The maximum Gasteiger partial charge on any atom is 0.239 e. The molecule has 1 aromatic carbocycles. The number of carbonyl (C=O) groups is 1. The molecular formula is C17H28N4O2. The quantitative estimate of drug-likeness (QED) is 0.551. The molecule has 0 saturated carbocycles. The number of likely N-dealkylation sites (N-methyl/N-ethyl adjacent to an activating group) is 1. The van der Waals surface area contributed by atoms with Gasteiger partial charge in [-0.1, -0.05) is 0 Å². The van der Waals surface area contributed by atoms with Gasteiger partial charge in [0.15, 0.2) is 0 Å². The summed E-state index contributed by atoms with van der Waals surface area (Å²) in [6, 6.07) is 7.62. The van der Waals surface area contributed by atoms with Crippen LogP contribution in [0.25, 0.3) is 0 Å². The fraction of sp³-hybridized carbons (Fsp3) is 0.588. The van der Waals surface area contributed by atoms with Gasteiger partial charge in [0.2, 0.25) is 5.91 Å². The van der Waals surface area contributed by atoms with Crippen LogP contribution >= 0.6 is 0 Å². The first-order chi connectivity index (χ1) is 11.2. The summed E-state index contributed by atoms with van der Waals surface area (Å²) in [4.78, 5) is 16.5. The van der Waals surface area contributed by atoms with E-state index in [1.165, 1.54) is 0 Å². The number of morpholine rings is 1. The molecule has 0 spiro atoms. The van der Waals surface area contributed by atoms with Crippen LogP contribution in [0.2, 0.25) is 0 Å². The van der Waals surface area contributed by atoms with E-state index in [0.29, 0.717) is 6.54 Å². The molecule has 3 N–H and O–H groups in total. The first-order valence-electron chi connectivity index (χ1n) is 8.36. The standard InChI is InChI=1S/C17H28N4O2/c1-2-21(16-6-4-15(18)5-7-16)14-17(22)19-8-3-9-20-10-12-23-13-11-20/h4-7H,2-3,8-14,18H2,1H3,(H,19,22). The van der Waals surface area contributed by atoms with Gasteiger partial charge in [0.05, 0.1) is 19.8 Å². The highest BCUT2D eigenvalue weighted by Gasteiger charge is 2.11. The van der Waals surface area contributed by atoms with E-state index >= 15 is 0 Å². The van der Waals surface area contributed by atoms with Gasteiger partial charge in [0.1, 0.15) is 0 Å². The number of amides is 1. The highest BCUT2D eigenvalue weighted by molar-refractivity contribution is 5.81. The maximum absolute atomic E-state index is 12.1. The van der Waals surface area contributed by atoms with Crippen molar-refractivity contribution < 1.29 is 9.53 Å². The number of nitrogens with two attached hydrogens (primary N) is 1. The van der Waals surface area contributed by atoms with Crippen molar-refractivity contribution >= 4 is 17.3 Å². The molecular weight excluding hydrogens is 292 g/mol. The van der Waals surface area contributed by atoms with Crippen LogP contribution in [0.15, 0.2) is 24.3 Å². The van der Waals surface area contributed by atoms with Crippen molar-refractivity contribution in [2.75, 3.05) is 63.1 Å². The van der Waals surface area contributed by atoms with Crippen molar-refractivity contribution in [1.82, 2.24) is 10.2 Å². The molecule has 0 bridgehead atoms. The minimum Gasteiger partial charge on any atom is -0.399 e. The average molecular weight is 320 g/mol. The van der Waals surface area contributed by atoms with E-state index in [2.05, 4.69) is 10.2 Å². The zero-order valence-corrected chi connectivity index (χ0v) is 14.0. The van der Waals surface area contributed by atoms with Crippen LogP contribution in [-0.2, 0) is 9.53 Å². The third kappa shape index (κ3) is 6.08. The number of nitrogens with one attached hydrogen (secondary N) is 1. The van der Waals surface area contributed by atoms with Crippen LogP contribution in [-0.4, -0.2) is 63.3 Å². The minimum atomic E-state index is 0.0608. The Labute approximate surface area is 138 Å². The van der Waals surface area contributed by atoms with Crippen molar-refractivity contribution in [3.8, 4) is 0 Å². The van der Waals surface area contributed by atoms with E-state index < -0.39 is 0 Å². The lowest BCUT2D eigenvalue weighted by atomic mass is 10.2. The minimum absolute atomic E-state index is 0.0608. The second-order valence-electron chi connectivity index (χ2n) is 5.76. The molecule has 1 aliphatic heterocycles. The number of hydrogen-bond donors (Lipinski definition) is 2. The van der Waals surface area contributed by atoms with Crippen molar-refractivity contribution in [2.45, 2.75) is 13.3 Å². The molecule has 6 heteroatoms. The van der Waals surface area contributed by atoms with E-state index in [9.17, 15) is 4.79 Å². The number of nitrogens with zero attached hydrogens (tertiary/aromatic N) is 2. The second-order valence-corrected chi connectivity index (χ2v) is 5.76. The smallest absolute Gasteiger partial charge is 0.239 e. The summed E-state index contributed by atoms with van der Waals surface area (Å²) in [6.45, 7) is 8.56. The topological polar surface area (TPSA) is 70.8 Å². The second kappa shape index (κ2) is 9.37. The van der Waals surface area contributed by atoms with Gasteiger partial charge in [-0.3, -0.25) is 9.69 Å².